The third-order valence-corrected chi connectivity index (χ3v) is 5.47. The fourth-order valence-electron chi connectivity index (χ4n) is 4.04. The molecular weight excluding hydrogens is 360 g/mol. The van der Waals surface area contributed by atoms with Crippen LogP contribution in [0.1, 0.15) is 27.0 Å². The highest BCUT2D eigenvalue weighted by atomic mass is 19.1. The summed E-state index contributed by atoms with van der Waals surface area (Å²) in [7, 11) is 0. The Labute approximate surface area is 159 Å². The highest BCUT2D eigenvalue weighted by Crippen LogP contribution is 2.44. The van der Waals surface area contributed by atoms with Crippen molar-refractivity contribution < 1.29 is 18.7 Å². The molecule has 0 fully saturated rings. The van der Waals surface area contributed by atoms with E-state index in [2.05, 4.69) is 4.98 Å². The first-order valence-electron chi connectivity index (χ1n) is 8.90. The van der Waals surface area contributed by atoms with E-state index in [9.17, 15) is 14.3 Å². The number of aromatic amines is 1. The number of hydrogen-bond donors (Lipinski definition) is 2. The van der Waals surface area contributed by atoms with Gasteiger partial charge in [-0.1, -0.05) is 18.2 Å². The van der Waals surface area contributed by atoms with E-state index < -0.39 is 5.97 Å². The van der Waals surface area contributed by atoms with E-state index in [1.807, 2.05) is 6.07 Å². The molecule has 1 aromatic heterocycles. The summed E-state index contributed by atoms with van der Waals surface area (Å²) >= 11 is 0. The maximum Gasteiger partial charge on any atom is 0.335 e. The topological polar surface area (TPSA) is 53.1 Å². The molecule has 2 N–H and O–H groups in total. The molecule has 5 rings (SSSR count). The first kappa shape index (κ1) is 16.7. The lowest BCUT2D eigenvalue weighted by molar-refractivity contribution is 0.0697. The van der Waals surface area contributed by atoms with E-state index in [0.29, 0.717) is 34.4 Å². The number of rotatable bonds is 2. The number of carbonyl (C=O) groups is 1. The second kappa shape index (κ2) is 5.76. The molecule has 0 amide bonds. The Morgan fingerprint density at radius 3 is 2.64 bits per heavy atom. The number of halogens is 2. The number of aryl methyl sites for hydroxylation is 1. The van der Waals surface area contributed by atoms with E-state index in [1.54, 1.807) is 37.3 Å². The SMILES string of the molecule is Cc1cc(-c2ccc3c(c2F)-c2[nH]c4ccc(C(=O)O)cc4c2C3)ccc1F. The molecule has 3 nitrogen and oxygen atoms in total. The summed E-state index contributed by atoms with van der Waals surface area (Å²) < 4.78 is 29.1. The lowest BCUT2D eigenvalue weighted by atomic mass is 9.97. The second-order valence-electron chi connectivity index (χ2n) is 7.15. The number of benzene rings is 3. The third kappa shape index (κ3) is 2.29. The number of aromatic carboxylic acids is 1. The summed E-state index contributed by atoms with van der Waals surface area (Å²) in [6.45, 7) is 1.65. The predicted molar refractivity (Wildman–Crippen MR) is 104 cm³/mol. The van der Waals surface area contributed by atoms with Crippen molar-refractivity contribution in [3.8, 4) is 22.4 Å². The lowest BCUT2D eigenvalue weighted by Crippen LogP contribution is -1.95. The summed E-state index contributed by atoms with van der Waals surface area (Å²) in [5.74, 6) is -1.67. The van der Waals surface area contributed by atoms with Gasteiger partial charge in [0.25, 0.3) is 0 Å². The van der Waals surface area contributed by atoms with E-state index in [-0.39, 0.29) is 17.2 Å². The summed E-state index contributed by atoms with van der Waals surface area (Å²) in [5, 5.41) is 10.1. The number of carboxylic acid groups (broad SMARTS) is 1. The van der Waals surface area contributed by atoms with Crippen LogP contribution in [0, 0.1) is 18.6 Å². The van der Waals surface area contributed by atoms with Crippen molar-refractivity contribution in [3.05, 3.63) is 82.4 Å². The lowest BCUT2D eigenvalue weighted by Gasteiger charge is -2.10. The van der Waals surface area contributed by atoms with Crippen LogP contribution in [-0.4, -0.2) is 16.1 Å². The van der Waals surface area contributed by atoms with Gasteiger partial charge in [-0.25, -0.2) is 13.6 Å². The van der Waals surface area contributed by atoms with Crippen LogP contribution in [-0.2, 0) is 6.42 Å². The van der Waals surface area contributed by atoms with Crippen LogP contribution in [0.5, 0.6) is 0 Å². The van der Waals surface area contributed by atoms with Crippen LogP contribution in [0.25, 0.3) is 33.3 Å². The van der Waals surface area contributed by atoms with Crippen LogP contribution in [0.4, 0.5) is 8.78 Å². The molecule has 0 unspecified atom stereocenters. The molecule has 0 spiro atoms. The van der Waals surface area contributed by atoms with Crippen molar-refractivity contribution in [1.82, 2.24) is 4.98 Å². The standard InChI is InChI=1S/C23H15F2NO2/c1-11-8-12(3-6-18(11)24)15-5-2-13-9-17-16-10-14(23(27)28)4-7-19(16)26-22(17)20(13)21(15)25/h2-8,10,26H,9H2,1H3,(H,27,28). The number of hydrogen-bond acceptors (Lipinski definition) is 1. The highest BCUT2D eigenvalue weighted by molar-refractivity contribution is 5.99. The van der Waals surface area contributed by atoms with Gasteiger partial charge in [-0.3, -0.25) is 0 Å². The van der Waals surface area contributed by atoms with Crippen molar-refractivity contribution in [1.29, 1.82) is 0 Å². The molecule has 0 aliphatic heterocycles. The molecule has 0 atom stereocenters. The quantitative estimate of drug-likeness (QED) is 0.416. The summed E-state index contributed by atoms with van der Waals surface area (Å²) in [6, 6.07) is 13.0. The van der Waals surface area contributed by atoms with Gasteiger partial charge in [0.1, 0.15) is 11.6 Å². The third-order valence-electron chi connectivity index (χ3n) is 5.47. The second-order valence-corrected chi connectivity index (χ2v) is 7.15. The first-order chi connectivity index (χ1) is 13.4. The molecule has 138 valence electrons. The van der Waals surface area contributed by atoms with Gasteiger partial charge in [-0.2, -0.15) is 0 Å². The van der Waals surface area contributed by atoms with Crippen molar-refractivity contribution in [3.63, 3.8) is 0 Å². The fraction of sp³-hybridized carbons (Fsp3) is 0.0870. The molecule has 0 saturated heterocycles. The van der Waals surface area contributed by atoms with Gasteiger partial charge in [0.05, 0.1) is 11.3 Å². The minimum absolute atomic E-state index is 0.202. The molecule has 0 bridgehead atoms. The monoisotopic (exact) mass is 375 g/mol. The van der Waals surface area contributed by atoms with Gasteiger partial charge < -0.3 is 10.1 Å². The molecule has 1 aliphatic carbocycles. The van der Waals surface area contributed by atoms with Gasteiger partial charge in [-0.15, -0.1) is 0 Å². The predicted octanol–water partition coefficient (Wildman–Crippen LogP) is 5.69. The molecule has 1 aliphatic rings. The zero-order chi connectivity index (χ0) is 19.6. The smallest absolute Gasteiger partial charge is 0.335 e. The van der Waals surface area contributed by atoms with Gasteiger partial charge in [-0.05, 0) is 59.5 Å². The summed E-state index contributed by atoms with van der Waals surface area (Å²) in [5.41, 5.74) is 5.43. The van der Waals surface area contributed by atoms with Crippen molar-refractivity contribution >= 4 is 16.9 Å². The molecule has 0 radical (unpaired) electrons. The maximum absolute atomic E-state index is 15.5. The van der Waals surface area contributed by atoms with Gasteiger partial charge in [0.2, 0.25) is 0 Å². The van der Waals surface area contributed by atoms with E-state index in [0.717, 1.165) is 22.0 Å². The minimum atomic E-state index is -0.993. The van der Waals surface area contributed by atoms with Crippen LogP contribution >= 0.6 is 0 Å². The molecule has 5 heteroatoms. The van der Waals surface area contributed by atoms with Gasteiger partial charge >= 0.3 is 5.97 Å². The Hall–Kier alpha value is -3.47. The Morgan fingerprint density at radius 1 is 1.07 bits per heavy atom. The molecule has 0 saturated carbocycles. The average Bonchev–Trinajstić information content (AvgIpc) is 3.20. The zero-order valence-electron chi connectivity index (χ0n) is 14.9. The van der Waals surface area contributed by atoms with Gasteiger partial charge in [0, 0.05) is 28.5 Å². The minimum Gasteiger partial charge on any atom is -0.478 e. The normalized spacial score (nSPS) is 12.2. The average molecular weight is 375 g/mol. The van der Waals surface area contributed by atoms with Crippen LogP contribution in [0.3, 0.4) is 0 Å². The maximum atomic E-state index is 15.5. The van der Waals surface area contributed by atoms with Crippen molar-refractivity contribution in [2.24, 2.45) is 0 Å². The fourth-order valence-corrected chi connectivity index (χ4v) is 4.04. The number of fused-ring (bicyclic) bond motifs is 5. The summed E-state index contributed by atoms with van der Waals surface area (Å²) in [4.78, 5) is 14.5. The number of H-pyrrole nitrogens is 1. The van der Waals surface area contributed by atoms with Crippen LogP contribution in [0.2, 0.25) is 0 Å². The molecule has 28 heavy (non-hydrogen) atoms. The van der Waals surface area contributed by atoms with Crippen LogP contribution in [0.15, 0.2) is 48.5 Å². The van der Waals surface area contributed by atoms with Crippen molar-refractivity contribution in [2.45, 2.75) is 13.3 Å². The largest absolute Gasteiger partial charge is 0.478 e. The molecule has 3 aromatic carbocycles. The molecule has 4 aromatic rings. The van der Waals surface area contributed by atoms with Crippen LogP contribution < -0.4 is 0 Å². The molecular formula is C23H15F2NO2. The van der Waals surface area contributed by atoms with Gasteiger partial charge in [0.15, 0.2) is 0 Å². The molecule has 1 heterocycles. The van der Waals surface area contributed by atoms with E-state index in [4.69, 9.17) is 0 Å². The Balaban J connectivity index is 1.71. The summed E-state index contributed by atoms with van der Waals surface area (Å²) in [6.07, 6.45) is 0.535. The zero-order valence-corrected chi connectivity index (χ0v) is 14.9. The van der Waals surface area contributed by atoms with E-state index >= 15 is 4.39 Å². The number of carboxylic acids is 1. The number of aromatic nitrogens is 1. The first-order valence-corrected chi connectivity index (χ1v) is 8.90. The number of nitrogens with one attached hydrogen (secondary N) is 1. The Morgan fingerprint density at radius 2 is 1.89 bits per heavy atom. The van der Waals surface area contributed by atoms with Crippen molar-refractivity contribution in [2.75, 3.05) is 0 Å². The Kier molecular flexibility index (Phi) is 3.43. The Bertz CT molecular complexity index is 1300. The highest BCUT2D eigenvalue weighted by Gasteiger charge is 2.28. The van der Waals surface area contributed by atoms with E-state index in [1.165, 1.54) is 12.1 Å².